The third-order valence-corrected chi connectivity index (χ3v) is 4.14. The summed E-state index contributed by atoms with van der Waals surface area (Å²) in [6, 6.07) is 3.32. The number of alkyl halides is 3. The Morgan fingerprint density at radius 1 is 1.26 bits per heavy atom. The molecule has 0 spiro atoms. The molecule has 6 nitrogen and oxygen atoms in total. The predicted molar refractivity (Wildman–Crippen MR) is 98.9 cm³/mol. The summed E-state index contributed by atoms with van der Waals surface area (Å²) in [4.78, 5) is 10.8. The summed E-state index contributed by atoms with van der Waals surface area (Å²) in [5.74, 6) is 0.586. The molecule has 1 aromatic rings. The highest BCUT2D eigenvalue weighted by Crippen LogP contribution is 2.20. The van der Waals surface area contributed by atoms with Crippen LogP contribution in [0.1, 0.15) is 31.7 Å². The van der Waals surface area contributed by atoms with Gasteiger partial charge in [0, 0.05) is 31.4 Å². The zero-order valence-corrected chi connectivity index (χ0v) is 15.7. The van der Waals surface area contributed by atoms with E-state index in [-0.39, 0.29) is 12.4 Å². The van der Waals surface area contributed by atoms with Gasteiger partial charge in [-0.15, -0.1) is 0 Å². The van der Waals surface area contributed by atoms with Crippen LogP contribution < -0.4 is 15.4 Å². The number of halogens is 3. The quantitative estimate of drug-likeness (QED) is 0.530. The lowest BCUT2D eigenvalue weighted by Crippen LogP contribution is -2.42. The Bertz CT molecular complexity index is 589. The van der Waals surface area contributed by atoms with Crippen molar-refractivity contribution in [2.45, 2.75) is 38.9 Å². The smallest absolute Gasteiger partial charge is 0.422 e. The second kappa shape index (κ2) is 11.0. The van der Waals surface area contributed by atoms with Crippen LogP contribution in [0.5, 0.6) is 5.88 Å². The first-order chi connectivity index (χ1) is 13.0. The number of nitrogens with zero attached hydrogens (tertiary/aromatic N) is 3. The standard InChI is InChI=1S/C18H28F3N5O/c1-2-22-17(24-9-12-26-10-4-3-5-11-26)25-13-15-7-6-8-23-16(15)27-14-18(19,20)21/h6-8H,2-5,9-14H2,1H3,(H2,22,24,25). The SMILES string of the molecule is CCNC(=NCc1cccnc1OCC(F)(F)F)NCCN1CCCCC1. The first-order valence-corrected chi connectivity index (χ1v) is 9.36. The summed E-state index contributed by atoms with van der Waals surface area (Å²) in [5, 5.41) is 6.42. The number of pyridine rings is 1. The number of ether oxygens (including phenoxy) is 1. The van der Waals surface area contributed by atoms with Gasteiger partial charge in [-0.05, 0) is 38.9 Å². The molecule has 2 rings (SSSR count). The lowest BCUT2D eigenvalue weighted by Gasteiger charge is -2.26. The number of aromatic nitrogens is 1. The van der Waals surface area contributed by atoms with Crippen molar-refractivity contribution in [3.05, 3.63) is 23.9 Å². The molecule has 2 heterocycles. The summed E-state index contributed by atoms with van der Waals surface area (Å²) < 4.78 is 41.9. The molecule has 1 aromatic heterocycles. The van der Waals surface area contributed by atoms with Crippen LogP contribution in [0, 0.1) is 0 Å². The second-order valence-electron chi connectivity index (χ2n) is 6.40. The molecule has 2 N–H and O–H groups in total. The highest BCUT2D eigenvalue weighted by Gasteiger charge is 2.29. The molecule has 9 heteroatoms. The second-order valence-corrected chi connectivity index (χ2v) is 6.40. The lowest BCUT2D eigenvalue weighted by atomic mass is 10.1. The summed E-state index contributed by atoms with van der Waals surface area (Å²) in [6.07, 6.45) is 0.799. The van der Waals surface area contributed by atoms with E-state index < -0.39 is 12.8 Å². The van der Waals surface area contributed by atoms with Crippen molar-refractivity contribution in [2.24, 2.45) is 4.99 Å². The van der Waals surface area contributed by atoms with E-state index >= 15 is 0 Å². The van der Waals surface area contributed by atoms with Crippen molar-refractivity contribution in [3.63, 3.8) is 0 Å². The molecule has 0 bridgehead atoms. The third-order valence-electron chi connectivity index (χ3n) is 4.14. The van der Waals surface area contributed by atoms with E-state index in [9.17, 15) is 13.2 Å². The van der Waals surface area contributed by atoms with E-state index in [0.29, 0.717) is 18.1 Å². The maximum Gasteiger partial charge on any atom is 0.422 e. The molecule has 1 aliphatic heterocycles. The van der Waals surface area contributed by atoms with Crippen LogP contribution in [-0.2, 0) is 6.54 Å². The molecular weight excluding hydrogens is 359 g/mol. The van der Waals surface area contributed by atoms with Gasteiger partial charge in [0.15, 0.2) is 12.6 Å². The molecular formula is C18H28F3N5O. The maximum absolute atomic E-state index is 12.4. The molecule has 1 fully saturated rings. The maximum atomic E-state index is 12.4. The number of likely N-dealkylation sites (tertiary alicyclic amines) is 1. The van der Waals surface area contributed by atoms with E-state index in [0.717, 1.165) is 26.2 Å². The number of hydrogen-bond acceptors (Lipinski definition) is 4. The summed E-state index contributed by atoms with van der Waals surface area (Å²) >= 11 is 0. The molecule has 0 saturated carbocycles. The van der Waals surface area contributed by atoms with Gasteiger partial charge in [0.05, 0.1) is 6.54 Å². The van der Waals surface area contributed by atoms with Crippen molar-refractivity contribution in [1.82, 2.24) is 20.5 Å². The number of piperidine rings is 1. The Kier molecular flexibility index (Phi) is 8.63. The fourth-order valence-electron chi connectivity index (χ4n) is 2.85. The average Bonchev–Trinajstić information content (AvgIpc) is 2.65. The van der Waals surface area contributed by atoms with Gasteiger partial charge >= 0.3 is 6.18 Å². The number of aliphatic imine (C=N–C) groups is 1. The summed E-state index contributed by atoms with van der Waals surface area (Å²) in [7, 11) is 0. The van der Waals surface area contributed by atoms with Crippen molar-refractivity contribution in [2.75, 3.05) is 39.3 Å². The number of nitrogens with one attached hydrogen (secondary N) is 2. The molecule has 0 aromatic carbocycles. The van der Waals surface area contributed by atoms with E-state index in [2.05, 4.69) is 25.5 Å². The molecule has 0 amide bonds. The van der Waals surface area contributed by atoms with E-state index in [1.54, 1.807) is 12.1 Å². The fraction of sp³-hybridized carbons (Fsp3) is 0.667. The van der Waals surface area contributed by atoms with Crippen LogP contribution in [0.3, 0.4) is 0 Å². The normalized spacial score (nSPS) is 16.2. The zero-order chi connectivity index (χ0) is 19.5. The van der Waals surface area contributed by atoms with Gasteiger partial charge in [-0.25, -0.2) is 9.98 Å². The number of guanidine groups is 1. The summed E-state index contributed by atoms with van der Waals surface area (Å²) in [5.41, 5.74) is 0.509. The molecule has 152 valence electrons. The predicted octanol–water partition coefficient (Wildman–Crippen LogP) is 2.56. The van der Waals surface area contributed by atoms with Gasteiger partial charge in [0.1, 0.15) is 0 Å². The largest absolute Gasteiger partial charge is 0.468 e. The molecule has 0 unspecified atom stereocenters. The minimum atomic E-state index is -4.40. The fourth-order valence-corrected chi connectivity index (χ4v) is 2.85. The first-order valence-electron chi connectivity index (χ1n) is 9.36. The van der Waals surface area contributed by atoms with Gasteiger partial charge in [-0.1, -0.05) is 12.5 Å². The Morgan fingerprint density at radius 2 is 2.04 bits per heavy atom. The third kappa shape index (κ3) is 8.47. The van der Waals surface area contributed by atoms with Crippen LogP contribution in [0.15, 0.2) is 23.3 Å². The number of hydrogen-bond donors (Lipinski definition) is 2. The Labute approximate surface area is 158 Å². The minimum Gasteiger partial charge on any atom is -0.468 e. The molecule has 27 heavy (non-hydrogen) atoms. The van der Waals surface area contributed by atoms with Gasteiger partial charge in [-0.2, -0.15) is 13.2 Å². The van der Waals surface area contributed by atoms with Gasteiger partial charge < -0.3 is 20.3 Å². The van der Waals surface area contributed by atoms with Crippen molar-refractivity contribution < 1.29 is 17.9 Å². The van der Waals surface area contributed by atoms with Crippen LogP contribution >= 0.6 is 0 Å². The van der Waals surface area contributed by atoms with E-state index in [1.165, 1.54) is 25.5 Å². The highest BCUT2D eigenvalue weighted by atomic mass is 19.4. The van der Waals surface area contributed by atoms with Crippen molar-refractivity contribution in [1.29, 1.82) is 0 Å². The van der Waals surface area contributed by atoms with E-state index in [4.69, 9.17) is 4.74 Å². The van der Waals surface area contributed by atoms with Crippen LogP contribution in [0.2, 0.25) is 0 Å². The minimum absolute atomic E-state index is 0.0391. The van der Waals surface area contributed by atoms with Gasteiger partial charge in [0.2, 0.25) is 5.88 Å². The lowest BCUT2D eigenvalue weighted by molar-refractivity contribution is -0.154. The zero-order valence-electron chi connectivity index (χ0n) is 15.7. The summed E-state index contributed by atoms with van der Waals surface area (Å²) in [6.45, 7) is 5.43. The molecule has 0 aliphatic carbocycles. The Morgan fingerprint density at radius 3 is 2.74 bits per heavy atom. The number of rotatable bonds is 8. The molecule has 0 atom stereocenters. The van der Waals surface area contributed by atoms with Crippen LogP contribution in [-0.4, -0.2) is 61.4 Å². The first kappa shape index (κ1) is 21.3. The highest BCUT2D eigenvalue weighted by molar-refractivity contribution is 5.79. The topological polar surface area (TPSA) is 61.8 Å². The molecule has 0 radical (unpaired) electrons. The van der Waals surface area contributed by atoms with E-state index in [1.807, 2.05) is 6.92 Å². The van der Waals surface area contributed by atoms with Gasteiger partial charge in [-0.3, -0.25) is 0 Å². The van der Waals surface area contributed by atoms with Gasteiger partial charge in [0.25, 0.3) is 0 Å². The van der Waals surface area contributed by atoms with Crippen molar-refractivity contribution in [3.8, 4) is 5.88 Å². The van der Waals surface area contributed by atoms with Crippen LogP contribution in [0.25, 0.3) is 0 Å². The average molecular weight is 387 g/mol. The Balaban J connectivity index is 1.89. The monoisotopic (exact) mass is 387 g/mol. The van der Waals surface area contributed by atoms with Crippen LogP contribution in [0.4, 0.5) is 13.2 Å². The molecule has 1 aliphatic rings. The van der Waals surface area contributed by atoms with Crippen molar-refractivity contribution >= 4 is 5.96 Å². The Hall–Kier alpha value is -2.03. The molecule has 1 saturated heterocycles.